The normalized spacial score (nSPS) is 12.3. The van der Waals surface area contributed by atoms with Gasteiger partial charge < -0.3 is 10.3 Å². The topological polar surface area (TPSA) is 57.8 Å². The molecule has 1 amide bonds. The van der Waals surface area contributed by atoms with Crippen LogP contribution in [0, 0.1) is 11.6 Å². The maximum atomic E-state index is 13.6. The maximum Gasteiger partial charge on any atom is 0.254 e. The number of amides is 1. The van der Waals surface area contributed by atoms with E-state index in [-0.39, 0.29) is 5.56 Å². The fraction of sp³-hybridized carbons (Fsp3) is 0.125. The Kier molecular flexibility index (Phi) is 3.58. The Labute approximate surface area is 125 Å². The van der Waals surface area contributed by atoms with Crippen molar-refractivity contribution in [2.75, 3.05) is 0 Å². The van der Waals surface area contributed by atoms with Crippen LogP contribution >= 0.6 is 0 Å². The summed E-state index contributed by atoms with van der Waals surface area (Å²) >= 11 is 0. The predicted molar refractivity (Wildman–Crippen MR) is 78.3 cm³/mol. The highest BCUT2D eigenvalue weighted by molar-refractivity contribution is 5.94. The van der Waals surface area contributed by atoms with Crippen LogP contribution in [-0.4, -0.2) is 15.9 Å². The van der Waals surface area contributed by atoms with Crippen molar-refractivity contribution in [3.63, 3.8) is 0 Å². The van der Waals surface area contributed by atoms with Gasteiger partial charge in [-0.2, -0.15) is 0 Å². The maximum absolute atomic E-state index is 13.6. The summed E-state index contributed by atoms with van der Waals surface area (Å²) in [6, 6.07) is 9.74. The van der Waals surface area contributed by atoms with Gasteiger partial charge in [0.05, 0.1) is 22.6 Å². The number of imidazole rings is 1. The molecule has 22 heavy (non-hydrogen) atoms. The summed E-state index contributed by atoms with van der Waals surface area (Å²) in [6.07, 6.45) is 0. The van der Waals surface area contributed by atoms with Crippen LogP contribution < -0.4 is 5.32 Å². The zero-order valence-corrected chi connectivity index (χ0v) is 11.7. The van der Waals surface area contributed by atoms with Crippen LogP contribution in [0.3, 0.4) is 0 Å². The van der Waals surface area contributed by atoms with E-state index >= 15 is 0 Å². The van der Waals surface area contributed by atoms with Gasteiger partial charge in [0.15, 0.2) is 0 Å². The number of aromatic nitrogens is 2. The van der Waals surface area contributed by atoms with Gasteiger partial charge in [0, 0.05) is 0 Å². The summed E-state index contributed by atoms with van der Waals surface area (Å²) in [5.74, 6) is -1.57. The zero-order chi connectivity index (χ0) is 15.7. The zero-order valence-electron chi connectivity index (χ0n) is 11.7. The van der Waals surface area contributed by atoms with Gasteiger partial charge in [0.2, 0.25) is 0 Å². The van der Waals surface area contributed by atoms with Crippen LogP contribution in [0.5, 0.6) is 0 Å². The molecule has 1 heterocycles. The van der Waals surface area contributed by atoms with E-state index in [1.54, 1.807) is 6.92 Å². The molecule has 4 nitrogen and oxygen atoms in total. The highest BCUT2D eigenvalue weighted by Crippen LogP contribution is 2.17. The lowest BCUT2D eigenvalue weighted by molar-refractivity contribution is 0.0934. The minimum Gasteiger partial charge on any atom is -0.342 e. The van der Waals surface area contributed by atoms with E-state index < -0.39 is 23.6 Å². The number of hydrogen-bond acceptors (Lipinski definition) is 2. The van der Waals surface area contributed by atoms with Crippen LogP contribution in [0.1, 0.15) is 29.1 Å². The lowest BCUT2D eigenvalue weighted by Gasteiger charge is -2.12. The molecule has 2 N–H and O–H groups in total. The van der Waals surface area contributed by atoms with Crippen LogP contribution in [-0.2, 0) is 0 Å². The number of carbonyl (C=O) groups is 1. The first-order valence-electron chi connectivity index (χ1n) is 6.75. The van der Waals surface area contributed by atoms with Gasteiger partial charge in [-0.15, -0.1) is 0 Å². The van der Waals surface area contributed by atoms with E-state index in [0.29, 0.717) is 5.82 Å². The van der Waals surface area contributed by atoms with Crippen LogP contribution in [0.2, 0.25) is 0 Å². The van der Waals surface area contributed by atoms with Gasteiger partial charge in [-0.1, -0.05) is 12.1 Å². The molecule has 0 spiro atoms. The summed E-state index contributed by atoms with van der Waals surface area (Å²) in [5.41, 5.74) is 1.29. The molecule has 1 atom stereocenters. The van der Waals surface area contributed by atoms with Crippen molar-refractivity contribution in [3.8, 4) is 0 Å². The third-order valence-corrected chi connectivity index (χ3v) is 3.34. The predicted octanol–water partition coefficient (Wildman–Crippen LogP) is 3.33. The van der Waals surface area contributed by atoms with Gasteiger partial charge >= 0.3 is 0 Å². The third kappa shape index (κ3) is 2.67. The van der Waals surface area contributed by atoms with Crippen LogP contribution in [0.15, 0.2) is 42.5 Å². The number of carbonyl (C=O) groups excluding carboxylic acids is 1. The van der Waals surface area contributed by atoms with Gasteiger partial charge in [-0.3, -0.25) is 4.79 Å². The van der Waals surface area contributed by atoms with E-state index in [2.05, 4.69) is 15.3 Å². The lowest BCUT2D eigenvalue weighted by atomic mass is 10.2. The second kappa shape index (κ2) is 5.55. The SMILES string of the molecule is CC(NC(=O)c1cc(F)ccc1F)c1nc2ccccc2[nH]1. The molecular formula is C16H13F2N3O. The Hall–Kier alpha value is -2.76. The number of hydrogen-bond donors (Lipinski definition) is 2. The van der Waals surface area contributed by atoms with E-state index in [1.165, 1.54) is 0 Å². The van der Waals surface area contributed by atoms with Crippen LogP contribution in [0.25, 0.3) is 11.0 Å². The molecule has 0 radical (unpaired) electrons. The Balaban J connectivity index is 1.82. The summed E-state index contributed by atoms with van der Waals surface area (Å²) in [6.45, 7) is 1.72. The quantitative estimate of drug-likeness (QED) is 0.779. The Morgan fingerprint density at radius 2 is 2.00 bits per heavy atom. The van der Waals surface area contributed by atoms with Gasteiger partial charge in [-0.05, 0) is 37.3 Å². The number of benzene rings is 2. The molecule has 0 aliphatic rings. The second-order valence-corrected chi connectivity index (χ2v) is 4.96. The van der Waals surface area contributed by atoms with Crippen molar-refractivity contribution in [3.05, 3.63) is 65.5 Å². The first-order chi connectivity index (χ1) is 10.5. The van der Waals surface area contributed by atoms with Crippen molar-refractivity contribution in [2.45, 2.75) is 13.0 Å². The molecular weight excluding hydrogens is 288 g/mol. The van der Waals surface area contributed by atoms with Crippen molar-refractivity contribution >= 4 is 16.9 Å². The standard InChI is InChI=1S/C16H13F2N3O/c1-9(15-20-13-4-2-3-5-14(13)21-15)19-16(22)11-8-10(17)6-7-12(11)18/h2-9H,1H3,(H,19,22)(H,20,21). The number of halogens is 2. The minimum atomic E-state index is -0.768. The van der Waals surface area contributed by atoms with Crippen molar-refractivity contribution in [1.29, 1.82) is 0 Å². The van der Waals surface area contributed by atoms with E-state index in [9.17, 15) is 13.6 Å². The molecule has 3 aromatic rings. The van der Waals surface area contributed by atoms with E-state index in [4.69, 9.17) is 0 Å². The number of fused-ring (bicyclic) bond motifs is 1. The first-order valence-corrected chi connectivity index (χ1v) is 6.75. The van der Waals surface area contributed by atoms with Gasteiger partial charge in [0.1, 0.15) is 17.5 Å². The number of nitrogens with zero attached hydrogens (tertiary/aromatic N) is 1. The Morgan fingerprint density at radius 3 is 2.77 bits per heavy atom. The summed E-state index contributed by atoms with van der Waals surface area (Å²) in [7, 11) is 0. The molecule has 3 rings (SSSR count). The molecule has 1 unspecified atom stereocenters. The fourth-order valence-electron chi connectivity index (χ4n) is 2.19. The van der Waals surface area contributed by atoms with E-state index in [0.717, 1.165) is 29.2 Å². The van der Waals surface area contributed by atoms with E-state index in [1.807, 2.05) is 24.3 Å². The number of H-pyrrole nitrogens is 1. The largest absolute Gasteiger partial charge is 0.342 e. The third-order valence-electron chi connectivity index (χ3n) is 3.34. The fourth-order valence-corrected chi connectivity index (χ4v) is 2.19. The molecule has 1 aromatic heterocycles. The molecule has 0 fully saturated rings. The van der Waals surface area contributed by atoms with Gasteiger partial charge in [0.25, 0.3) is 5.91 Å². The monoisotopic (exact) mass is 301 g/mol. The first kappa shape index (κ1) is 14.2. The molecule has 0 aliphatic heterocycles. The van der Waals surface area contributed by atoms with Crippen molar-refractivity contribution < 1.29 is 13.6 Å². The van der Waals surface area contributed by atoms with Crippen molar-refractivity contribution in [1.82, 2.24) is 15.3 Å². The minimum absolute atomic E-state index is 0.331. The second-order valence-electron chi connectivity index (χ2n) is 4.96. The Morgan fingerprint density at radius 1 is 1.23 bits per heavy atom. The summed E-state index contributed by atoms with van der Waals surface area (Å²) in [5, 5.41) is 2.60. The highest BCUT2D eigenvalue weighted by Gasteiger charge is 2.18. The van der Waals surface area contributed by atoms with Crippen molar-refractivity contribution in [2.24, 2.45) is 0 Å². The molecule has 2 aromatic carbocycles. The number of rotatable bonds is 3. The molecule has 6 heteroatoms. The summed E-state index contributed by atoms with van der Waals surface area (Å²) in [4.78, 5) is 19.5. The molecule has 112 valence electrons. The molecule has 0 saturated carbocycles. The smallest absolute Gasteiger partial charge is 0.254 e. The lowest BCUT2D eigenvalue weighted by Crippen LogP contribution is -2.28. The molecule has 0 aliphatic carbocycles. The number of aromatic amines is 1. The van der Waals surface area contributed by atoms with Crippen LogP contribution in [0.4, 0.5) is 8.78 Å². The Bertz CT molecular complexity index is 811. The molecule has 0 saturated heterocycles. The molecule has 0 bridgehead atoms. The number of para-hydroxylation sites is 2. The summed E-state index contributed by atoms with van der Waals surface area (Å²) < 4.78 is 26.7. The highest BCUT2D eigenvalue weighted by atomic mass is 19.1. The average Bonchev–Trinajstić information content (AvgIpc) is 2.93. The van der Waals surface area contributed by atoms with Gasteiger partial charge in [-0.25, -0.2) is 13.8 Å². The number of nitrogens with one attached hydrogen (secondary N) is 2. The average molecular weight is 301 g/mol.